The summed E-state index contributed by atoms with van der Waals surface area (Å²) in [5, 5.41) is 0.447. The molecule has 0 bridgehead atoms. The summed E-state index contributed by atoms with van der Waals surface area (Å²) >= 11 is 6.10. The summed E-state index contributed by atoms with van der Waals surface area (Å²) in [4.78, 5) is 28.3. The van der Waals surface area contributed by atoms with Crippen molar-refractivity contribution in [2.45, 2.75) is 6.92 Å². The van der Waals surface area contributed by atoms with Crippen molar-refractivity contribution in [3.63, 3.8) is 0 Å². The molecular formula is C20H21ClN2O3. The van der Waals surface area contributed by atoms with Gasteiger partial charge in [0.05, 0.1) is 10.6 Å². The number of ether oxygens (including phenoxy) is 1. The maximum absolute atomic E-state index is 12.6. The molecule has 1 heterocycles. The molecule has 2 aromatic carbocycles. The molecule has 136 valence electrons. The number of hydrogen-bond donors (Lipinski definition) is 0. The molecule has 1 fully saturated rings. The minimum Gasteiger partial charge on any atom is -0.484 e. The standard InChI is InChI=1S/C20H21ClN2O3/c1-15-5-4-6-16(13-15)26-14-19(24)22-9-11-23(12-10-22)20(25)17-7-2-3-8-18(17)21/h2-8,13H,9-12,14H2,1H3. The van der Waals surface area contributed by atoms with Crippen LogP contribution in [0.5, 0.6) is 5.75 Å². The van der Waals surface area contributed by atoms with E-state index < -0.39 is 0 Å². The van der Waals surface area contributed by atoms with E-state index in [9.17, 15) is 9.59 Å². The summed E-state index contributed by atoms with van der Waals surface area (Å²) in [6.45, 7) is 3.94. The quantitative estimate of drug-likeness (QED) is 0.829. The van der Waals surface area contributed by atoms with Gasteiger partial charge in [0, 0.05) is 26.2 Å². The Hall–Kier alpha value is -2.53. The van der Waals surface area contributed by atoms with Crippen LogP contribution in [0.4, 0.5) is 0 Å². The van der Waals surface area contributed by atoms with E-state index >= 15 is 0 Å². The molecule has 5 nitrogen and oxygen atoms in total. The summed E-state index contributed by atoms with van der Waals surface area (Å²) in [5.41, 5.74) is 1.58. The van der Waals surface area contributed by atoms with Crippen LogP contribution in [0.25, 0.3) is 0 Å². The Kier molecular flexibility index (Phi) is 5.78. The van der Waals surface area contributed by atoms with Gasteiger partial charge in [-0.15, -0.1) is 0 Å². The number of carbonyl (C=O) groups is 2. The number of nitrogens with zero attached hydrogens (tertiary/aromatic N) is 2. The summed E-state index contributed by atoms with van der Waals surface area (Å²) in [6, 6.07) is 14.6. The number of rotatable bonds is 4. The first-order valence-corrected chi connectivity index (χ1v) is 8.93. The molecule has 1 saturated heterocycles. The second kappa shape index (κ2) is 8.23. The molecular weight excluding hydrogens is 352 g/mol. The molecule has 6 heteroatoms. The van der Waals surface area contributed by atoms with Crippen LogP contribution in [0.15, 0.2) is 48.5 Å². The van der Waals surface area contributed by atoms with Crippen LogP contribution >= 0.6 is 11.6 Å². The van der Waals surface area contributed by atoms with Gasteiger partial charge in [0.15, 0.2) is 6.61 Å². The lowest BCUT2D eigenvalue weighted by atomic mass is 10.2. The van der Waals surface area contributed by atoms with Crippen molar-refractivity contribution < 1.29 is 14.3 Å². The van der Waals surface area contributed by atoms with E-state index in [4.69, 9.17) is 16.3 Å². The van der Waals surface area contributed by atoms with Gasteiger partial charge in [-0.2, -0.15) is 0 Å². The number of hydrogen-bond acceptors (Lipinski definition) is 3. The van der Waals surface area contributed by atoms with Gasteiger partial charge in [-0.25, -0.2) is 0 Å². The molecule has 3 rings (SSSR count). The topological polar surface area (TPSA) is 49.9 Å². The predicted molar refractivity (Wildman–Crippen MR) is 101 cm³/mol. The van der Waals surface area contributed by atoms with Gasteiger partial charge in [0.2, 0.25) is 0 Å². The summed E-state index contributed by atoms with van der Waals surface area (Å²) in [6.07, 6.45) is 0. The molecule has 0 aliphatic carbocycles. The van der Waals surface area contributed by atoms with Gasteiger partial charge < -0.3 is 14.5 Å². The SMILES string of the molecule is Cc1cccc(OCC(=O)N2CCN(C(=O)c3ccccc3Cl)CC2)c1. The Morgan fingerprint density at radius 3 is 2.38 bits per heavy atom. The van der Waals surface area contributed by atoms with Gasteiger partial charge in [-0.3, -0.25) is 9.59 Å². The van der Waals surface area contributed by atoms with Crippen LogP contribution in [-0.4, -0.2) is 54.4 Å². The third-order valence-corrected chi connectivity index (χ3v) is 4.71. The maximum Gasteiger partial charge on any atom is 0.260 e. The number of amides is 2. The van der Waals surface area contributed by atoms with E-state index in [1.54, 1.807) is 34.1 Å². The molecule has 0 aromatic heterocycles. The van der Waals surface area contributed by atoms with Crippen molar-refractivity contribution in [1.29, 1.82) is 0 Å². The zero-order valence-electron chi connectivity index (χ0n) is 14.7. The van der Waals surface area contributed by atoms with Crippen molar-refractivity contribution in [3.8, 4) is 5.75 Å². The van der Waals surface area contributed by atoms with E-state index in [0.717, 1.165) is 5.56 Å². The van der Waals surface area contributed by atoms with E-state index in [1.165, 1.54) is 0 Å². The molecule has 0 N–H and O–H groups in total. The van der Waals surface area contributed by atoms with Gasteiger partial charge >= 0.3 is 0 Å². The lowest BCUT2D eigenvalue weighted by molar-refractivity contribution is -0.134. The van der Waals surface area contributed by atoms with Gasteiger partial charge in [-0.05, 0) is 36.8 Å². The van der Waals surface area contributed by atoms with Gasteiger partial charge in [0.1, 0.15) is 5.75 Å². The van der Waals surface area contributed by atoms with Gasteiger partial charge in [0.25, 0.3) is 11.8 Å². The Bertz CT molecular complexity index is 801. The number of benzene rings is 2. The molecule has 0 atom stereocenters. The largest absolute Gasteiger partial charge is 0.484 e. The predicted octanol–water partition coefficient (Wildman–Crippen LogP) is 3.01. The fourth-order valence-corrected chi connectivity index (χ4v) is 3.12. The van der Waals surface area contributed by atoms with Gasteiger partial charge in [-0.1, -0.05) is 35.9 Å². The highest BCUT2D eigenvalue weighted by molar-refractivity contribution is 6.33. The molecule has 0 radical (unpaired) electrons. The molecule has 1 aliphatic rings. The first-order valence-electron chi connectivity index (χ1n) is 8.55. The zero-order valence-corrected chi connectivity index (χ0v) is 15.4. The van der Waals surface area contributed by atoms with E-state index in [1.807, 2.05) is 31.2 Å². The van der Waals surface area contributed by atoms with Crippen LogP contribution in [-0.2, 0) is 4.79 Å². The highest BCUT2D eigenvalue weighted by Crippen LogP contribution is 2.18. The average Bonchev–Trinajstić information content (AvgIpc) is 2.66. The van der Waals surface area contributed by atoms with Crippen LogP contribution in [0, 0.1) is 6.92 Å². The Morgan fingerprint density at radius 2 is 1.69 bits per heavy atom. The number of piperazine rings is 1. The third kappa shape index (κ3) is 4.35. The van der Waals surface area contributed by atoms with Crippen LogP contribution in [0.1, 0.15) is 15.9 Å². The molecule has 26 heavy (non-hydrogen) atoms. The molecule has 1 aliphatic heterocycles. The fraction of sp³-hybridized carbons (Fsp3) is 0.300. The fourth-order valence-electron chi connectivity index (χ4n) is 2.91. The van der Waals surface area contributed by atoms with Crippen LogP contribution < -0.4 is 4.74 Å². The first kappa shape index (κ1) is 18.3. The third-order valence-electron chi connectivity index (χ3n) is 4.38. The molecule has 2 amide bonds. The minimum absolute atomic E-state index is 0.00190. The lowest BCUT2D eigenvalue weighted by Gasteiger charge is -2.34. The highest BCUT2D eigenvalue weighted by atomic mass is 35.5. The van der Waals surface area contributed by atoms with E-state index in [-0.39, 0.29) is 18.4 Å². The zero-order chi connectivity index (χ0) is 18.5. The second-order valence-corrected chi connectivity index (χ2v) is 6.67. The molecule has 2 aromatic rings. The lowest BCUT2D eigenvalue weighted by Crippen LogP contribution is -2.51. The van der Waals surface area contributed by atoms with E-state index in [0.29, 0.717) is 42.5 Å². The van der Waals surface area contributed by atoms with Crippen molar-refractivity contribution in [2.24, 2.45) is 0 Å². The van der Waals surface area contributed by atoms with Crippen molar-refractivity contribution in [2.75, 3.05) is 32.8 Å². The Balaban J connectivity index is 1.51. The summed E-state index contributed by atoms with van der Waals surface area (Å²) in [7, 11) is 0. The van der Waals surface area contributed by atoms with Crippen LogP contribution in [0.2, 0.25) is 5.02 Å². The maximum atomic E-state index is 12.6. The summed E-state index contributed by atoms with van der Waals surface area (Å²) in [5.74, 6) is 0.515. The summed E-state index contributed by atoms with van der Waals surface area (Å²) < 4.78 is 5.57. The Labute approximate surface area is 158 Å². The van der Waals surface area contributed by atoms with Crippen LogP contribution in [0.3, 0.4) is 0 Å². The van der Waals surface area contributed by atoms with Crippen molar-refractivity contribution >= 4 is 23.4 Å². The normalized spacial score (nSPS) is 14.2. The number of aryl methyl sites for hydroxylation is 1. The average molecular weight is 373 g/mol. The molecule has 0 spiro atoms. The second-order valence-electron chi connectivity index (χ2n) is 6.26. The monoisotopic (exact) mass is 372 g/mol. The van der Waals surface area contributed by atoms with E-state index in [2.05, 4.69) is 0 Å². The molecule has 0 saturated carbocycles. The minimum atomic E-state index is -0.0984. The number of halogens is 1. The smallest absolute Gasteiger partial charge is 0.260 e. The van der Waals surface area contributed by atoms with Crippen molar-refractivity contribution in [1.82, 2.24) is 9.80 Å². The highest BCUT2D eigenvalue weighted by Gasteiger charge is 2.25. The Morgan fingerprint density at radius 1 is 1.00 bits per heavy atom. The number of carbonyl (C=O) groups excluding carboxylic acids is 2. The first-order chi connectivity index (χ1) is 12.5. The molecule has 0 unspecified atom stereocenters. The van der Waals surface area contributed by atoms with Crippen molar-refractivity contribution in [3.05, 3.63) is 64.7 Å².